The van der Waals surface area contributed by atoms with Crippen LogP contribution in [0.4, 0.5) is 0 Å². The monoisotopic (exact) mass is 492 g/mol. The molecule has 0 aliphatic carbocycles. The molecule has 0 amide bonds. The predicted molar refractivity (Wildman–Crippen MR) is 146 cm³/mol. The van der Waals surface area contributed by atoms with E-state index in [-0.39, 0.29) is 4.74 Å². The minimum Gasteiger partial charge on any atom is -0.488 e. The Morgan fingerprint density at radius 1 is 1.00 bits per heavy atom. The molecule has 0 atom stereocenters. The van der Waals surface area contributed by atoms with E-state index in [0.717, 1.165) is 33.7 Å². The van der Waals surface area contributed by atoms with Crippen molar-refractivity contribution in [2.45, 2.75) is 77.9 Å². The van der Waals surface area contributed by atoms with Gasteiger partial charge in [0, 0.05) is 22.8 Å². The molecular formula is C30H36O4S. The Hall–Kier alpha value is -2.92. The highest BCUT2D eigenvalue weighted by molar-refractivity contribution is 7.16. The van der Waals surface area contributed by atoms with Gasteiger partial charge in [-0.15, -0.1) is 0 Å². The molecule has 1 heterocycles. The van der Waals surface area contributed by atoms with E-state index < -0.39 is 17.2 Å². The number of fused-ring (bicyclic) bond motifs is 1. The van der Waals surface area contributed by atoms with Gasteiger partial charge in [0.1, 0.15) is 17.0 Å². The molecule has 0 saturated heterocycles. The van der Waals surface area contributed by atoms with Crippen molar-refractivity contribution >= 4 is 27.4 Å². The number of unbranched alkanes of at least 4 members (excludes halogenated alkanes) is 2. The lowest BCUT2D eigenvalue weighted by atomic mass is 9.92. The first-order valence-electron chi connectivity index (χ1n) is 12.2. The highest BCUT2D eigenvalue weighted by Gasteiger charge is 2.33. The van der Waals surface area contributed by atoms with Crippen LogP contribution in [0.2, 0.25) is 0 Å². The number of carbonyl (C=O) groups is 1. The second-order valence-corrected chi connectivity index (χ2v) is 11.2. The number of benzene rings is 2. The van der Waals surface area contributed by atoms with Gasteiger partial charge in [-0.25, -0.2) is 4.79 Å². The molecular weight excluding hydrogens is 456 g/mol. The standard InChI is InChI=1S/C30H36O4S/c1-7-9-10-11-21-12-14-22(15-13-21)25-18-23-16-17-24(19-26(23)35-28(25)32)33-29(3,4)20-30(5,6)34-27(31)8-2/h8,12-19H,2,7,9-11,20H2,1,3-6H3. The average molecular weight is 493 g/mol. The van der Waals surface area contributed by atoms with Crippen LogP contribution in [0.25, 0.3) is 21.2 Å². The zero-order valence-corrected chi connectivity index (χ0v) is 22.3. The van der Waals surface area contributed by atoms with Crippen molar-refractivity contribution < 1.29 is 14.3 Å². The van der Waals surface area contributed by atoms with Gasteiger partial charge >= 0.3 is 5.97 Å². The van der Waals surface area contributed by atoms with Crippen LogP contribution in [0, 0.1) is 0 Å². The molecule has 0 radical (unpaired) electrons. The molecule has 3 aromatic rings. The maximum atomic E-state index is 13.0. The second kappa shape index (κ2) is 11.2. The summed E-state index contributed by atoms with van der Waals surface area (Å²) in [6.07, 6.45) is 6.37. The summed E-state index contributed by atoms with van der Waals surface area (Å²) in [7, 11) is 0. The quantitative estimate of drug-likeness (QED) is 0.156. The van der Waals surface area contributed by atoms with Gasteiger partial charge < -0.3 is 9.47 Å². The first-order chi connectivity index (χ1) is 16.5. The smallest absolute Gasteiger partial charge is 0.330 e. The van der Waals surface area contributed by atoms with Gasteiger partial charge in [-0.2, -0.15) is 0 Å². The Morgan fingerprint density at radius 3 is 2.37 bits per heavy atom. The number of carbonyl (C=O) groups excluding carboxylic acids is 1. The van der Waals surface area contributed by atoms with Crippen molar-refractivity contribution in [3.8, 4) is 16.9 Å². The summed E-state index contributed by atoms with van der Waals surface area (Å²) in [6, 6.07) is 16.2. The summed E-state index contributed by atoms with van der Waals surface area (Å²) in [4.78, 5) is 24.6. The van der Waals surface area contributed by atoms with Crippen LogP contribution in [-0.2, 0) is 16.0 Å². The fourth-order valence-corrected chi connectivity index (χ4v) is 5.42. The van der Waals surface area contributed by atoms with Gasteiger partial charge in [0.05, 0.1) is 0 Å². The molecule has 0 saturated carbocycles. The molecule has 0 bridgehead atoms. The van der Waals surface area contributed by atoms with E-state index in [1.54, 1.807) is 0 Å². The van der Waals surface area contributed by atoms with E-state index in [1.165, 1.54) is 36.2 Å². The number of esters is 1. The van der Waals surface area contributed by atoms with Gasteiger partial charge in [0.2, 0.25) is 4.74 Å². The van der Waals surface area contributed by atoms with Gasteiger partial charge in [-0.3, -0.25) is 4.79 Å². The fraction of sp³-hybridized carbons (Fsp3) is 0.400. The molecule has 0 aliphatic heterocycles. The molecule has 0 spiro atoms. The molecule has 186 valence electrons. The Bertz CT molecular complexity index is 1240. The van der Waals surface area contributed by atoms with Gasteiger partial charge in [0.25, 0.3) is 0 Å². The Morgan fingerprint density at radius 2 is 1.71 bits per heavy atom. The lowest BCUT2D eigenvalue weighted by Crippen LogP contribution is -2.40. The van der Waals surface area contributed by atoms with Crippen LogP contribution >= 0.6 is 11.3 Å². The first-order valence-corrected chi connectivity index (χ1v) is 13.1. The molecule has 5 heteroatoms. The van der Waals surface area contributed by atoms with Crippen molar-refractivity contribution in [3.63, 3.8) is 0 Å². The molecule has 4 nitrogen and oxygen atoms in total. The predicted octanol–water partition coefficient (Wildman–Crippen LogP) is 7.72. The maximum absolute atomic E-state index is 13.0. The van der Waals surface area contributed by atoms with Crippen LogP contribution in [0.1, 0.15) is 65.9 Å². The summed E-state index contributed by atoms with van der Waals surface area (Å²) in [6.45, 7) is 13.3. The highest BCUT2D eigenvalue weighted by Crippen LogP contribution is 2.32. The number of aryl methyl sites for hydroxylation is 1. The van der Waals surface area contributed by atoms with Crippen molar-refractivity contribution in [1.82, 2.24) is 0 Å². The first kappa shape index (κ1) is 26.7. The van der Waals surface area contributed by atoms with Crippen LogP contribution < -0.4 is 9.48 Å². The zero-order valence-electron chi connectivity index (χ0n) is 21.5. The van der Waals surface area contributed by atoms with E-state index >= 15 is 0 Å². The van der Waals surface area contributed by atoms with Gasteiger partial charge in [-0.1, -0.05) is 61.9 Å². The number of rotatable bonds is 11. The topological polar surface area (TPSA) is 52.6 Å². The molecule has 0 aliphatic rings. The van der Waals surface area contributed by atoms with Gasteiger partial charge in [0.15, 0.2) is 0 Å². The maximum Gasteiger partial charge on any atom is 0.330 e. The van der Waals surface area contributed by atoms with Crippen molar-refractivity contribution in [1.29, 1.82) is 0 Å². The summed E-state index contributed by atoms with van der Waals surface area (Å²) < 4.78 is 12.6. The Balaban J connectivity index is 1.78. The van der Waals surface area contributed by atoms with Crippen molar-refractivity contribution in [2.24, 2.45) is 0 Å². The Labute approximate surface area is 212 Å². The minimum atomic E-state index is -0.711. The molecule has 35 heavy (non-hydrogen) atoms. The lowest BCUT2D eigenvalue weighted by Gasteiger charge is -2.34. The van der Waals surface area contributed by atoms with E-state index in [4.69, 9.17) is 9.47 Å². The number of hydrogen-bond acceptors (Lipinski definition) is 5. The molecule has 0 unspecified atom stereocenters. The fourth-order valence-electron chi connectivity index (χ4n) is 4.52. The molecule has 3 rings (SSSR count). The molecule has 0 N–H and O–H groups in total. The van der Waals surface area contributed by atoms with Crippen LogP contribution in [0.3, 0.4) is 0 Å². The van der Waals surface area contributed by atoms with Crippen LogP contribution in [-0.4, -0.2) is 17.2 Å². The summed E-state index contributed by atoms with van der Waals surface area (Å²) in [5.41, 5.74) is 1.68. The SMILES string of the molecule is C=CC(=O)OC(C)(C)CC(C)(C)Oc1ccc2cc(-c3ccc(CCCCC)cc3)c(=O)sc2c1. The summed E-state index contributed by atoms with van der Waals surface area (Å²) in [5, 5.41) is 1.00. The zero-order chi connectivity index (χ0) is 25.6. The number of hydrogen-bond donors (Lipinski definition) is 0. The average Bonchev–Trinajstić information content (AvgIpc) is 2.78. The molecule has 1 aromatic heterocycles. The van der Waals surface area contributed by atoms with Gasteiger partial charge in [-0.05, 0) is 81.3 Å². The van der Waals surface area contributed by atoms with Crippen LogP contribution in [0.5, 0.6) is 5.75 Å². The number of ether oxygens (including phenoxy) is 2. The van der Waals surface area contributed by atoms with E-state index in [0.29, 0.717) is 12.2 Å². The van der Waals surface area contributed by atoms with Crippen molar-refractivity contribution in [2.75, 3.05) is 0 Å². The normalized spacial score (nSPS) is 11.9. The molecule has 2 aromatic carbocycles. The minimum absolute atomic E-state index is 0.0325. The van der Waals surface area contributed by atoms with E-state index in [9.17, 15) is 9.59 Å². The van der Waals surface area contributed by atoms with E-state index in [2.05, 4.69) is 37.8 Å². The third-order valence-corrected chi connectivity index (χ3v) is 6.81. The summed E-state index contributed by atoms with van der Waals surface area (Å²) >= 11 is 1.23. The summed E-state index contributed by atoms with van der Waals surface area (Å²) in [5.74, 6) is 0.219. The third kappa shape index (κ3) is 7.53. The Kier molecular flexibility index (Phi) is 8.55. The van der Waals surface area contributed by atoms with Crippen LogP contribution in [0.15, 0.2) is 66.0 Å². The highest BCUT2D eigenvalue weighted by atomic mass is 32.1. The molecule has 0 fully saturated rings. The van der Waals surface area contributed by atoms with E-state index in [1.807, 2.05) is 52.0 Å². The van der Waals surface area contributed by atoms with Crippen molar-refractivity contribution in [3.05, 3.63) is 76.3 Å². The third-order valence-electron chi connectivity index (χ3n) is 5.83. The second-order valence-electron chi connectivity index (χ2n) is 10.2. The lowest BCUT2D eigenvalue weighted by molar-refractivity contribution is -0.154. The largest absolute Gasteiger partial charge is 0.488 e.